The van der Waals surface area contributed by atoms with Gasteiger partial charge in [-0.1, -0.05) is 18.2 Å². The first-order valence-corrected chi connectivity index (χ1v) is 8.12. The molecule has 0 saturated carbocycles. The van der Waals surface area contributed by atoms with E-state index in [0.717, 1.165) is 45.8 Å². The van der Waals surface area contributed by atoms with Crippen molar-refractivity contribution in [3.63, 3.8) is 0 Å². The minimum atomic E-state index is 0.139. The second-order valence-corrected chi connectivity index (χ2v) is 6.11. The van der Waals surface area contributed by atoms with Gasteiger partial charge in [-0.25, -0.2) is 0 Å². The van der Waals surface area contributed by atoms with Crippen LogP contribution >= 0.6 is 0 Å². The van der Waals surface area contributed by atoms with E-state index in [2.05, 4.69) is 34.5 Å². The van der Waals surface area contributed by atoms with Crippen molar-refractivity contribution in [3.8, 4) is 0 Å². The van der Waals surface area contributed by atoms with Crippen molar-refractivity contribution in [2.75, 3.05) is 51.3 Å². The molecule has 2 aliphatic heterocycles. The van der Waals surface area contributed by atoms with E-state index in [-0.39, 0.29) is 11.8 Å². The van der Waals surface area contributed by atoms with Crippen LogP contribution in [0.5, 0.6) is 0 Å². The number of nitrogens with one attached hydrogen (secondary N) is 1. The number of morpholine rings is 1. The van der Waals surface area contributed by atoms with Gasteiger partial charge in [0.1, 0.15) is 0 Å². The Balaban J connectivity index is 1.69. The molecule has 2 aliphatic rings. The van der Waals surface area contributed by atoms with Gasteiger partial charge in [-0.15, -0.1) is 0 Å². The minimum Gasteiger partial charge on any atom is -0.378 e. The molecular formula is C17H25N3O2. The molecule has 0 aliphatic carbocycles. The molecule has 1 amide bonds. The van der Waals surface area contributed by atoms with Crippen LogP contribution in [-0.4, -0.2) is 57.2 Å². The summed E-state index contributed by atoms with van der Waals surface area (Å²) in [5.74, 6) is 0.391. The van der Waals surface area contributed by atoms with Crippen LogP contribution in [0.4, 0.5) is 5.69 Å². The van der Waals surface area contributed by atoms with E-state index in [0.29, 0.717) is 6.54 Å². The molecule has 5 heteroatoms. The third-order valence-corrected chi connectivity index (χ3v) is 4.54. The quantitative estimate of drug-likeness (QED) is 0.904. The fourth-order valence-corrected chi connectivity index (χ4v) is 3.27. The number of para-hydroxylation sites is 1. The van der Waals surface area contributed by atoms with Gasteiger partial charge in [0, 0.05) is 38.9 Å². The molecule has 22 heavy (non-hydrogen) atoms. The topological polar surface area (TPSA) is 44.8 Å². The third-order valence-electron chi connectivity index (χ3n) is 4.54. The van der Waals surface area contributed by atoms with Crippen molar-refractivity contribution in [2.24, 2.45) is 5.92 Å². The van der Waals surface area contributed by atoms with Crippen molar-refractivity contribution in [1.29, 1.82) is 0 Å². The Hall–Kier alpha value is -1.59. The SMILES string of the molecule is CN(Cc1ccccc1N1CCOCC1)C(=O)[C@H]1CCNC1. The zero-order valence-corrected chi connectivity index (χ0v) is 13.3. The molecule has 3 rings (SSSR count). The van der Waals surface area contributed by atoms with Crippen LogP contribution in [0, 0.1) is 5.92 Å². The van der Waals surface area contributed by atoms with Crippen LogP contribution < -0.4 is 10.2 Å². The molecule has 0 aromatic heterocycles. The molecule has 0 unspecified atom stereocenters. The lowest BCUT2D eigenvalue weighted by Gasteiger charge is -2.31. The van der Waals surface area contributed by atoms with Crippen molar-refractivity contribution in [3.05, 3.63) is 29.8 Å². The highest BCUT2D eigenvalue weighted by Gasteiger charge is 2.26. The standard InChI is InChI=1S/C17H25N3O2/c1-19(17(21)14-6-7-18-12-14)13-15-4-2-3-5-16(15)20-8-10-22-11-9-20/h2-5,14,18H,6-13H2,1H3/t14-/m0/s1. The molecule has 5 nitrogen and oxygen atoms in total. The molecular weight excluding hydrogens is 278 g/mol. The lowest BCUT2D eigenvalue weighted by atomic mass is 10.1. The first-order valence-electron chi connectivity index (χ1n) is 8.12. The summed E-state index contributed by atoms with van der Waals surface area (Å²) in [4.78, 5) is 16.7. The van der Waals surface area contributed by atoms with Gasteiger partial charge in [0.25, 0.3) is 0 Å². The van der Waals surface area contributed by atoms with Crippen molar-refractivity contribution >= 4 is 11.6 Å². The lowest BCUT2D eigenvalue weighted by molar-refractivity contribution is -0.134. The van der Waals surface area contributed by atoms with Crippen molar-refractivity contribution in [2.45, 2.75) is 13.0 Å². The van der Waals surface area contributed by atoms with Crippen LogP contribution in [-0.2, 0) is 16.1 Å². The van der Waals surface area contributed by atoms with E-state index in [1.807, 2.05) is 11.9 Å². The zero-order valence-electron chi connectivity index (χ0n) is 13.3. The molecule has 1 aromatic rings. The molecule has 1 atom stereocenters. The Labute approximate surface area is 132 Å². The molecule has 1 N–H and O–H groups in total. The van der Waals surface area contributed by atoms with Crippen LogP contribution in [0.3, 0.4) is 0 Å². The van der Waals surface area contributed by atoms with E-state index < -0.39 is 0 Å². The second-order valence-electron chi connectivity index (χ2n) is 6.11. The maximum atomic E-state index is 12.5. The third kappa shape index (κ3) is 3.42. The number of anilines is 1. The predicted octanol–water partition coefficient (Wildman–Crippen LogP) is 1.09. The van der Waals surface area contributed by atoms with Crippen LogP contribution in [0.1, 0.15) is 12.0 Å². The van der Waals surface area contributed by atoms with Crippen molar-refractivity contribution in [1.82, 2.24) is 10.2 Å². The van der Waals surface area contributed by atoms with Crippen molar-refractivity contribution < 1.29 is 9.53 Å². The van der Waals surface area contributed by atoms with Crippen LogP contribution in [0.15, 0.2) is 24.3 Å². The molecule has 2 saturated heterocycles. The Morgan fingerprint density at radius 1 is 1.36 bits per heavy atom. The Bertz CT molecular complexity index is 508. The highest BCUT2D eigenvalue weighted by Crippen LogP contribution is 2.23. The average Bonchev–Trinajstić information content (AvgIpc) is 3.10. The summed E-state index contributed by atoms with van der Waals surface area (Å²) in [6.45, 7) is 5.82. The number of hydrogen-bond acceptors (Lipinski definition) is 4. The number of rotatable bonds is 4. The number of ether oxygens (including phenoxy) is 1. The fourth-order valence-electron chi connectivity index (χ4n) is 3.27. The van der Waals surface area contributed by atoms with E-state index in [9.17, 15) is 4.79 Å². The number of carbonyl (C=O) groups excluding carboxylic acids is 1. The van der Waals surface area contributed by atoms with Gasteiger partial charge in [0.15, 0.2) is 0 Å². The maximum absolute atomic E-state index is 12.5. The van der Waals surface area contributed by atoms with E-state index in [4.69, 9.17) is 4.74 Å². The second kappa shape index (κ2) is 7.11. The normalized spacial score (nSPS) is 21.9. The Morgan fingerprint density at radius 2 is 2.14 bits per heavy atom. The number of amides is 1. The average molecular weight is 303 g/mol. The summed E-state index contributed by atoms with van der Waals surface area (Å²) in [5, 5.41) is 3.27. The first-order chi connectivity index (χ1) is 10.8. The van der Waals surface area contributed by atoms with Crippen LogP contribution in [0.2, 0.25) is 0 Å². The monoisotopic (exact) mass is 303 g/mol. The van der Waals surface area contributed by atoms with Gasteiger partial charge in [-0.05, 0) is 24.6 Å². The number of nitrogens with zero attached hydrogens (tertiary/aromatic N) is 2. The van der Waals surface area contributed by atoms with Gasteiger partial charge in [0.2, 0.25) is 5.91 Å². The Morgan fingerprint density at radius 3 is 2.86 bits per heavy atom. The highest BCUT2D eigenvalue weighted by atomic mass is 16.5. The summed E-state index contributed by atoms with van der Waals surface area (Å²) in [5.41, 5.74) is 2.45. The summed E-state index contributed by atoms with van der Waals surface area (Å²) in [6, 6.07) is 8.39. The highest BCUT2D eigenvalue weighted by molar-refractivity contribution is 5.79. The summed E-state index contributed by atoms with van der Waals surface area (Å²) in [7, 11) is 1.91. The number of hydrogen-bond donors (Lipinski definition) is 1. The van der Waals surface area contributed by atoms with E-state index in [1.165, 1.54) is 11.3 Å². The molecule has 120 valence electrons. The maximum Gasteiger partial charge on any atom is 0.227 e. The van der Waals surface area contributed by atoms with Crippen LogP contribution in [0.25, 0.3) is 0 Å². The van der Waals surface area contributed by atoms with E-state index in [1.54, 1.807) is 0 Å². The largest absolute Gasteiger partial charge is 0.378 e. The molecule has 0 bridgehead atoms. The van der Waals surface area contributed by atoms with Gasteiger partial charge >= 0.3 is 0 Å². The summed E-state index contributed by atoms with van der Waals surface area (Å²) < 4.78 is 5.43. The molecule has 0 spiro atoms. The fraction of sp³-hybridized carbons (Fsp3) is 0.588. The van der Waals surface area contributed by atoms with Gasteiger partial charge in [-0.2, -0.15) is 0 Å². The predicted molar refractivity (Wildman–Crippen MR) is 86.9 cm³/mol. The smallest absolute Gasteiger partial charge is 0.227 e. The molecule has 0 radical (unpaired) electrons. The summed E-state index contributed by atoms with van der Waals surface area (Å²) >= 11 is 0. The summed E-state index contributed by atoms with van der Waals surface area (Å²) in [6.07, 6.45) is 0.953. The Kier molecular flexibility index (Phi) is 4.95. The zero-order chi connectivity index (χ0) is 15.4. The lowest BCUT2D eigenvalue weighted by Crippen LogP contribution is -2.38. The van der Waals surface area contributed by atoms with Gasteiger partial charge in [-0.3, -0.25) is 4.79 Å². The number of benzene rings is 1. The van der Waals surface area contributed by atoms with Gasteiger partial charge in [0.05, 0.1) is 19.1 Å². The first kappa shape index (κ1) is 15.3. The molecule has 1 aromatic carbocycles. The van der Waals surface area contributed by atoms with E-state index >= 15 is 0 Å². The molecule has 2 heterocycles. The number of carbonyl (C=O) groups is 1. The minimum absolute atomic E-state index is 0.139. The molecule has 2 fully saturated rings. The van der Waals surface area contributed by atoms with Gasteiger partial charge < -0.3 is 19.9 Å².